The van der Waals surface area contributed by atoms with Crippen LogP contribution >= 0.6 is 0 Å². The number of carboxylic acid groups (broad SMARTS) is 2. The zero-order valence-electron chi connectivity index (χ0n) is 27.9. The van der Waals surface area contributed by atoms with Crippen LogP contribution < -0.4 is 10.2 Å². The molecule has 2 N–H and O–H groups in total. The third kappa shape index (κ3) is 10.6. The molecule has 0 aliphatic carbocycles. The Kier molecular flexibility index (Phi) is 12.8. The molecule has 0 heterocycles. The zero-order chi connectivity index (χ0) is 34.1. The van der Waals surface area contributed by atoms with Crippen LogP contribution in [0, 0.1) is 0 Å². The van der Waals surface area contributed by atoms with E-state index in [1.54, 1.807) is 41.5 Å². The fraction of sp³-hybridized carbons (Fsp3) is 0.459. The second kappa shape index (κ2) is 16.1. The van der Waals surface area contributed by atoms with E-state index in [4.69, 9.17) is 0 Å². The highest BCUT2D eigenvalue weighted by Crippen LogP contribution is 2.26. The lowest BCUT2D eigenvalue weighted by molar-refractivity contribution is -0.276. The molecule has 0 aliphatic heterocycles. The van der Waals surface area contributed by atoms with Crippen molar-refractivity contribution in [2.24, 2.45) is 0 Å². The minimum atomic E-state index is -1.39. The summed E-state index contributed by atoms with van der Waals surface area (Å²) in [5, 5.41) is 48.7. The molecule has 0 radical (unpaired) electrons. The third-order valence-corrected chi connectivity index (χ3v) is 8.11. The van der Waals surface area contributed by atoms with Crippen molar-refractivity contribution in [3.63, 3.8) is 0 Å². The lowest BCUT2D eigenvalue weighted by Gasteiger charge is -2.47. The second-order valence-corrected chi connectivity index (χ2v) is 13.9. The minimum Gasteiger partial charge on any atom is -0.530 e. The summed E-state index contributed by atoms with van der Waals surface area (Å²) in [4.78, 5) is 29.3. The molecule has 0 fully saturated rings. The Morgan fingerprint density at radius 1 is 0.587 bits per heavy atom. The summed E-state index contributed by atoms with van der Waals surface area (Å²) in [5.74, 6) is 0. The van der Waals surface area contributed by atoms with Gasteiger partial charge in [-0.15, -0.1) is 0 Å². The lowest BCUT2D eigenvalue weighted by Crippen LogP contribution is -2.63. The van der Waals surface area contributed by atoms with Gasteiger partial charge in [-0.25, -0.2) is 0 Å². The van der Waals surface area contributed by atoms with E-state index in [0.29, 0.717) is 6.54 Å². The summed E-state index contributed by atoms with van der Waals surface area (Å²) in [6, 6.07) is 26.6. The van der Waals surface area contributed by atoms with Gasteiger partial charge >= 0.3 is 0 Å². The van der Waals surface area contributed by atoms with Gasteiger partial charge in [0.2, 0.25) is 0 Å². The molecule has 0 saturated heterocycles. The maximum atomic E-state index is 12.5. The van der Waals surface area contributed by atoms with E-state index in [1.165, 1.54) is 9.80 Å². The Morgan fingerprint density at radius 3 is 1.17 bits per heavy atom. The number of aliphatic hydroxyl groups is 2. The first kappa shape index (κ1) is 36.5. The first-order chi connectivity index (χ1) is 21.6. The van der Waals surface area contributed by atoms with Crippen molar-refractivity contribution < 1.29 is 30.0 Å². The SMILES string of the molecule is CC(C)(C)N(C(=O)[O-])[C@@H](Cc1ccccc1)C(O)CN(Cc1ccccc1)CC(O)[C@H](Cc1ccccc1)N(C(=O)[O-])C(C)(C)C. The third-order valence-electron chi connectivity index (χ3n) is 8.11. The van der Waals surface area contributed by atoms with Crippen LogP contribution in [0.25, 0.3) is 0 Å². The standard InChI is InChI=1S/C37H51N3O6/c1-36(2,3)39(34(43)44)30(22-27-16-10-7-11-17-27)32(41)25-38(24-29-20-14-9-15-21-29)26-33(42)31(23-28-18-12-8-13-19-28)40(35(45)46)37(4,5)6/h7-21,30-33,41-42H,22-26H2,1-6H3,(H,43,44)(H,45,46)/p-2/t30-,31-,32?,33?/m0/s1. The highest BCUT2D eigenvalue weighted by atomic mass is 16.4. The first-order valence-corrected chi connectivity index (χ1v) is 15.8. The fourth-order valence-electron chi connectivity index (χ4n) is 6.14. The minimum absolute atomic E-state index is 0.00219. The van der Waals surface area contributed by atoms with E-state index in [-0.39, 0.29) is 25.9 Å². The summed E-state index contributed by atoms with van der Waals surface area (Å²) in [7, 11) is 0. The average molecular weight is 632 g/mol. The second-order valence-electron chi connectivity index (χ2n) is 13.9. The molecule has 250 valence electrons. The smallest absolute Gasteiger partial charge is 0.137 e. The van der Waals surface area contributed by atoms with Gasteiger partial charge in [-0.05, 0) is 71.1 Å². The topological polar surface area (TPSA) is 130 Å². The molecule has 2 unspecified atom stereocenters. The monoisotopic (exact) mass is 631 g/mol. The molecule has 0 saturated carbocycles. The molecule has 4 atom stereocenters. The first-order valence-electron chi connectivity index (χ1n) is 15.8. The number of hydrogen-bond acceptors (Lipinski definition) is 7. The van der Waals surface area contributed by atoms with E-state index in [0.717, 1.165) is 16.7 Å². The van der Waals surface area contributed by atoms with Crippen molar-refractivity contribution in [2.45, 2.75) is 96.3 Å². The van der Waals surface area contributed by atoms with Crippen molar-refractivity contribution in [3.8, 4) is 0 Å². The van der Waals surface area contributed by atoms with Crippen molar-refractivity contribution in [1.82, 2.24) is 14.7 Å². The van der Waals surface area contributed by atoms with Crippen molar-refractivity contribution in [2.75, 3.05) is 13.1 Å². The van der Waals surface area contributed by atoms with E-state index < -0.39 is 47.6 Å². The van der Waals surface area contributed by atoms with Crippen LogP contribution in [0.1, 0.15) is 58.2 Å². The van der Waals surface area contributed by atoms with Crippen LogP contribution in [0.4, 0.5) is 9.59 Å². The van der Waals surface area contributed by atoms with Crippen LogP contribution in [0.3, 0.4) is 0 Å². The van der Waals surface area contributed by atoms with Gasteiger partial charge in [-0.1, -0.05) is 91.0 Å². The van der Waals surface area contributed by atoms with Crippen molar-refractivity contribution >= 4 is 12.2 Å². The molecule has 9 nitrogen and oxygen atoms in total. The molecule has 46 heavy (non-hydrogen) atoms. The van der Waals surface area contributed by atoms with E-state index in [2.05, 4.69) is 0 Å². The molecule has 0 spiro atoms. The average Bonchev–Trinajstić information content (AvgIpc) is 2.96. The molecule has 2 amide bonds. The van der Waals surface area contributed by atoms with Gasteiger partial charge in [0, 0.05) is 30.7 Å². The summed E-state index contributed by atoms with van der Waals surface area (Å²) in [6.45, 7) is 10.9. The van der Waals surface area contributed by atoms with Crippen LogP contribution in [0.2, 0.25) is 0 Å². The largest absolute Gasteiger partial charge is 0.530 e. The Balaban J connectivity index is 2.00. The number of amides is 2. The molecule has 0 aromatic heterocycles. The normalized spacial score (nSPS) is 14.7. The van der Waals surface area contributed by atoms with Gasteiger partial charge in [-0.3, -0.25) is 4.90 Å². The van der Waals surface area contributed by atoms with Crippen molar-refractivity contribution in [3.05, 3.63) is 108 Å². The summed E-state index contributed by atoms with van der Waals surface area (Å²) in [5.41, 5.74) is 0.891. The number of carbonyl (C=O) groups is 2. The van der Waals surface area contributed by atoms with Crippen LogP contribution in [0.15, 0.2) is 91.0 Å². The maximum Gasteiger partial charge on any atom is 0.137 e. The molecular weight excluding hydrogens is 582 g/mol. The number of rotatable bonds is 14. The quantitative estimate of drug-likeness (QED) is 0.279. The van der Waals surface area contributed by atoms with Gasteiger partial charge in [0.05, 0.1) is 24.3 Å². The van der Waals surface area contributed by atoms with Gasteiger partial charge in [0.15, 0.2) is 0 Å². The fourth-order valence-corrected chi connectivity index (χ4v) is 6.14. The van der Waals surface area contributed by atoms with Crippen LogP contribution in [0.5, 0.6) is 0 Å². The van der Waals surface area contributed by atoms with Gasteiger partial charge in [0.25, 0.3) is 0 Å². The predicted molar refractivity (Wildman–Crippen MR) is 176 cm³/mol. The summed E-state index contributed by atoms with van der Waals surface area (Å²) < 4.78 is 0. The maximum absolute atomic E-state index is 12.5. The molecule has 9 heteroatoms. The Bertz CT molecular complexity index is 1270. The number of benzene rings is 3. The van der Waals surface area contributed by atoms with E-state index in [9.17, 15) is 30.0 Å². The highest BCUT2D eigenvalue weighted by molar-refractivity contribution is 5.65. The summed E-state index contributed by atoms with van der Waals surface area (Å²) in [6.07, 6.45) is -4.65. The lowest BCUT2D eigenvalue weighted by atomic mass is 9.93. The molecule has 3 aromatic rings. The Morgan fingerprint density at radius 2 is 0.891 bits per heavy atom. The van der Waals surface area contributed by atoms with Crippen molar-refractivity contribution in [1.29, 1.82) is 0 Å². The number of carbonyl (C=O) groups excluding carboxylic acids is 2. The molecule has 3 aromatic carbocycles. The number of nitrogens with zero attached hydrogens (tertiary/aromatic N) is 3. The number of aliphatic hydroxyl groups excluding tert-OH is 2. The van der Waals surface area contributed by atoms with Gasteiger partial charge < -0.3 is 39.8 Å². The Hall–Kier alpha value is -3.92. The molecule has 3 rings (SSSR count). The Labute approximate surface area is 273 Å². The van der Waals surface area contributed by atoms with Crippen LogP contribution in [-0.4, -0.2) is 85.6 Å². The van der Waals surface area contributed by atoms with Gasteiger partial charge in [0.1, 0.15) is 12.2 Å². The van der Waals surface area contributed by atoms with Gasteiger partial charge in [-0.2, -0.15) is 0 Å². The number of hydrogen-bond donors (Lipinski definition) is 2. The van der Waals surface area contributed by atoms with Crippen LogP contribution in [-0.2, 0) is 19.4 Å². The zero-order valence-corrected chi connectivity index (χ0v) is 27.9. The molecular formula is C37H49N3O6-2. The van der Waals surface area contributed by atoms with E-state index >= 15 is 0 Å². The predicted octanol–water partition coefficient (Wildman–Crippen LogP) is 3.32. The molecule has 0 aliphatic rings. The van der Waals surface area contributed by atoms with E-state index in [1.807, 2.05) is 95.9 Å². The molecule has 0 bridgehead atoms. The summed E-state index contributed by atoms with van der Waals surface area (Å²) >= 11 is 0. The highest BCUT2D eigenvalue weighted by Gasteiger charge is 2.37.